The van der Waals surface area contributed by atoms with E-state index in [9.17, 15) is 45.9 Å². The molecule has 0 bridgehead atoms. The Balaban J connectivity index is 1.35. The number of azide groups is 3. The SMILES string of the molecule is [N-]=[N+]=NC1CC(N=[N+]=[N-])[C@@H](O[C@H]2OC(CO)[C@@H](O)C(O[C@@H]3O[C@H](COC(=O)c4ccccc4)C(OC(=O)c4ccccc4)C3OC(=O)c3ccccc3)C2N=[N+]=[N-])C(O)C1O. The molecule has 0 amide bonds. The molecule has 2 heterocycles. The zero-order valence-electron chi connectivity index (χ0n) is 31.8. The molecule has 2 saturated heterocycles. The molecule has 3 fully saturated rings. The largest absolute Gasteiger partial charge is 0.459 e. The van der Waals surface area contributed by atoms with Crippen LogP contribution >= 0.6 is 0 Å². The molecule has 1 aliphatic carbocycles. The van der Waals surface area contributed by atoms with Crippen LogP contribution in [0.5, 0.6) is 0 Å². The highest BCUT2D eigenvalue weighted by atomic mass is 16.8. The van der Waals surface area contributed by atoms with Gasteiger partial charge in [0.1, 0.15) is 43.2 Å². The molecule has 3 aromatic rings. The smallest absolute Gasteiger partial charge is 0.338 e. The highest BCUT2D eigenvalue weighted by Crippen LogP contribution is 2.37. The van der Waals surface area contributed by atoms with E-state index in [-0.39, 0.29) is 23.1 Å². The molecule has 14 atom stereocenters. The Morgan fingerprint density at radius 3 is 1.62 bits per heavy atom. The molecule has 0 radical (unpaired) electrons. The summed E-state index contributed by atoms with van der Waals surface area (Å²) in [6.07, 6.45) is -19.1. The first-order chi connectivity index (χ1) is 29.6. The van der Waals surface area contributed by atoms with Crippen molar-refractivity contribution in [2.24, 2.45) is 15.3 Å². The van der Waals surface area contributed by atoms with Gasteiger partial charge in [-0.3, -0.25) is 0 Å². The van der Waals surface area contributed by atoms with Gasteiger partial charge in [0.15, 0.2) is 24.8 Å². The first-order valence-electron chi connectivity index (χ1n) is 18.7. The number of nitrogens with zero attached hydrogens (tertiary/aromatic N) is 9. The molecule has 0 spiro atoms. The molecule has 0 aromatic heterocycles. The minimum absolute atomic E-state index is 0.0608. The lowest BCUT2D eigenvalue weighted by molar-refractivity contribution is -0.317. The van der Waals surface area contributed by atoms with Crippen LogP contribution in [-0.2, 0) is 33.2 Å². The third-order valence-electron chi connectivity index (χ3n) is 10.1. The average molecular weight is 846 g/mol. The average Bonchev–Trinajstić information content (AvgIpc) is 3.59. The van der Waals surface area contributed by atoms with Gasteiger partial charge in [-0.2, -0.15) is 0 Å². The fraction of sp³-hybridized carbons (Fsp3) is 0.447. The quantitative estimate of drug-likeness (QED) is 0.0562. The van der Waals surface area contributed by atoms with Crippen LogP contribution < -0.4 is 0 Å². The second-order valence-corrected chi connectivity index (χ2v) is 13.9. The van der Waals surface area contributed by atoms with Crippen molar-refractivity contribution >= 4 is 17.9 Å². The molecule has 61 heavy (non-hydrogen) atoms. The highest BCUT2D eigenvalue weighted by Gasteiger charge is 2.56. The van der Waals surface area contributed by atoms with Gasteiger partial charge >= 0.3 is 17.9 Å². The molecule has 23 heteroatoms. The lowest BCUT2D eigenvalue weighted by atomic mass is 9.84. The van der Waals surface area contributed by atoms with E-state index in [1.54, 1.807) is 54.6 Å². The second-order valence-electron chi connectivity index (χ2n) is 13.9. The molecule has 3 aromatic carbocycles. The number of esters is 3. The normalized spacial score (nSPS) is 31.9. The Hall–Kier alpha value is -6.32. The number of hydrogen-bond acceptors (Lipinski definition) is 17. The van der Waals surface area contributed by atoms with Crippen LogP contribution in [0.4, 0.5) is 0 Å². The predicted molar refractivity (Wildman–Crippen MR) is 204 cm³/mol. The molecule has 9 unspecified atom stereocenters. The molecule has 6 rings (SSSR count). The third kappa shape index (κ3) is 10.4. The van der Waals surface area contributed by atoms with Gasteiger partial charge in [-0.15, -0.1) is 0 Å². The van der Waals surface area contributed by atoms with Crippen LogP contribution in [0.3, 0.4) is 0 Å². The van der Waals surface area contributed by atoms with Crippen molar-refractivity contribution in [3.05, 3.63) is 139 Å². The summed E-state index contributed by atoms with van der Waals surface area (Å²) in [4.78, 5) is 48.5. The van der Waals surface area contributed by atoms with E-state index in [4.69, 9.17) is 38.7 Å². The van der Waals surface area contributed by atoms with Gasteiger partial charge in [0.05, 0.1) is 47.6 Å². The van der Waals surface area contributed by atoms with Crippen LogP contribution in [0.1, 0.15) is 37.5 Å². The van der Waals surface area contributed by atoms with Gasteiger partial charge in [0.25, 0.3) is 0 Å². The first kappa shape index (κ1) is 44.2. The fourth-order valence-corrected chi connectivity index (χ4v) is 7.07. The second kappa shape index (κ2) is 20.8. The summed E-state index contributed by atoms with van der Waals surface area (Å²) in [5.74, 6) is -2.62. The van der Waals surface area contributed by atoms with Gasteiger partial charge in [-0.25, -0.2) is 14.4 Å². The maximum Gasteiger partial charge on any atom is 0.338 e. The van der Waals surface area contributed by atoms with Gasteiger partial charge in [-0.05, 0) is 59.4 Å². The summed E-state index contributed by atoms with van der Waals surface area (Å²) in [7, 11) is 0. The molecular formula is C38H39N9O14. The van der Waals surface area contributed by atoms with E-state index in [0.717, 1.165) is 0 Å². The molecule has 23 nitrogen and oxygen atoms in total. The van der Waals surface area contributed by atoms with Crippen LogP contribution in [0.15, 0.2) is 106 Å². The van der Waals surface area contributed by atoms with Crippen LogP contribution in [0, 0.1) is 0 Å². The topological polar surface area (TPSA) is 343 Å². The van der Waals surface area contributed by atoms with Crippen molar-refractivity contribution in [2.45, 2.75) is 92.1 Å². The monoisotopic (exact) mass is 845 g/mol. The van der Waals surface area contributed by atoms with Gasteiger partial charge in [0, 0.05) is 14.7 Å². The van der Waals surface area contributed by atoms with Crippen molar-refractivity contribution in [1.29, 1.82) is 0 Å². The van der Waals surface area contributed by atoms with E-state index < -0.39 is 117 Å². The van der Waals surface area contributed by atoms with Crippen LogP contribution in [0.25, 0.3) is 31.3 Å². The standard InChI is InChI=1S/C38H39N9O14/c39-45-42-22-16-23(43-46-40)30(29(51)27(22)49)60-37-26(44-47-41)32(28(50)24(17-48)56-37)61-38-33(59-36(54)21-14-8-3-9-15-21)31(58-35(53)20-12-6-2-7-13-20)25(57-38)18-55-34(52)19-10-4-1-5-11-19/h1-15,22-33,37-38,48-51H,16-18H2/t22?,23?,24?,25-,26?,27?,28-,29?,30-,31?,32?,33?,37-,38+/m1/s1. The Labute approximate surface area is 345 Å². The lowest BCUT2D eigenvalue weighted by Gasteiger charge is -2.46. The predicted octanol–water partition coefficient (Wildman–Crippen LogP) is 3.03. The number of hydrogen-bond donors (Lipinski definition) is 4. The number of rotatable bonds is 15. The van der Waals surface area contributed by atoms with Crippen LogP contribution in [0.2, 0.25) is 0 Å². The minimum atomic E-state index is -1.88. The summed E-state index contributed by atoms with van der Waals surface area (Å²) < 4.78 is 41.6. The molecular weight excluding hydrogens is 806 g/mol. The maximum atomic E-state index is 13.7. The molecule has 2 aliphatic heterocycles. The number of benzene rings is 3. The van der Waals surface area contributed by atoms with E-state index in [1.165, 1.54) is 36.4 Å². The van der Waals surface area contributed by atoms with Crippen molar-refractivity contribution in [3.63, 3.8) is 0 Å². The van der Waals surface area contributed by atoms with Gasteiger partial charge in [-0.1, -0.05) is 69.9 Å². The summed E-state index contributed by atoms with van der Waals surface area (Å²) in [5.41, 5.74) is 28.3. The number of aliphatic hydroxyl groups is 4. The van der Waals surface area contributed by atoms with Crippen LogP contribution in [-0.4, -0.2) is 137 Å². The van der Waals surface area contributed by atoms with Gasteiger partial charge in [0.2, 0.25) is 0 Å². The molecule has 320 valence electrons. The van der Waals surface area contributed by atoms with E-state index in [0.29, 0.717) is 0 Å². The van der Waals surface area contributed by atoms with Crippen molar-refractivity contribution < 1.29 is 68.0 Å². The molecule has 1 saturated carbocycles. The van der Waals surface area contributed by atoms with E-state index in [2.05, 4.69) is 30.1 Å². The van der Waals surface area contributed by atoms with E-state index in [1.807, 2.05) is 0 Å². The summed E-state index contributed by atoms with van der Waals surface area (Å²) in [6, 6.07) is 19.1. The zero-order chi connectivity index (χ0) is 43.5. The Kier molecular flexibility index (Phi) is 15.1. The molecule has 3 aliphatic rings. The lowest BCUT2D eigenvalue weighted by Crippen LogP contribution is -2.63. The van der Waals surface area contributed by atoms with Crippen molar-refractivity contribution in [2.75, 3.05) is 13.2 Å². The Bertz CT molecular complexity index is 2130. The van der Waals surface area contributed by atoms with E-state index >= 15 is 0 Å². The fourth-order valence-electron chi connectivity index (χ4n) is 7.07. The first-order valence-corrected chi connectivity index (χ1v) is 18.7. The number of carbonyl (C=O) groups is 3. The third-order valence-corrected chi connectivity index (χ3v) is 10.1. The summed E-state index contributed by atoms with van der Waals surface area (Å²) in [5, 5.41) is 54.4. The Morgan fingerprint density at radius 2 is 1.08 bits per heavy atom. The van der Waals surface area contributed by atoms with Crippen molar-refractivity contribution in [3.8, 4) is 0 Å². The minimum Gasteiger partial charge on any atom is -0.459 e. The highest BCUT2D eigenvalue weighted by molar-refractivity contribution is 5.91. The number of ether oxygens (including phenoxy) is 7. The number of carbonyl (C=O) groups excluding carboxylic acids is 3. The van der Waals surface area contributed by atoms with Crippen molar-refractivity contribution in [1.82, 2.24) is 0 Å². The van der Waals surface area contributed by atoms with Gasteiger partial charge < -0.3 is 53.6 Å². The number of aliphatic hydroxyl groups excluding tert-OH is 4. The Morgan fingerprint density at radius 1 is 0.590 bits per heavy atom. The summed E-state index contributed by atoms with van der Waals surface area (Å²) >= 11 is 0. The zero-order valence-corrected chi connectivity index (χ0v) is 31.8. The summed E-state index contributed by atoms with van der Waals surface area (Å²) in [6.45, 7) is -1.49. The maximum absolute atomic E-state index is 13.7. The molecule has 4 N–H and O–H groups in total.